The number of alkyl halides is 3. The Balaban J connectivity index is 1.31. The fraction of sp³-hybridized carbons (Fsp3) is 0.167. The van der Waals surface area contributed by atoms with Crippen LogP contribution in [0.3, 0.4) is 0 Å². The molecule has 0 spiro atoms. The molecule has 1 heterocycles. The van der Waals surface area contributed by atoms with Crippen LogP contribution in [0.5, 0.6) is 5.75 Å². The van der Waals surface area contributed by atoms with Crippen LogP contribution in [-0.4, -0.2) is 27.2 Å². The van der Waals surface area contributed by atoms with Crippen molar-refractivity contribution in [3.63, 3.8) is 0 Å². The minimum atomic E-state index is -4.73. The Kier molecular flexibility index (Phi) is 7.70. The molecule has 0 saturated carbocycles. The van der Waals surface area contributed by atoms with Crippen LogP contribution in [0.1, 0.15) is 30.5 Å². The minimum Gasteiger partial charge on any atom is -0.406 e. The van der Waals surface area contributed by atoms with Crippen molar-refractivity contribution in [1.82, 2.24) is 15.0 Å². The van der Waals surface area contributed by atoms with Crippen molar-refractivity contribution in [1.29, 1.82) is 0 Å². The fourth-order valence-electron chi connectivity index (χ4n) is 4.63. The van der Waals surface area contributed by atoms with Crippen LogP contribution in [0.15, 0.2) is 84.2 Å². The topological polar surface area (TPSA) is 63.5 Å². The van der Waals surface area contributed by atoms with Gasteiger partial charge in [-0.3, -0.25) is 9.99 Å². The van der Waals surface area contributed by atoms with Crippen molar-refractivity contribution in [2.24, 2.45) is 5.10 Å². The van der Waals surface area contributed by atoms with Gasteiger partial charge in [-0.2, -0.15) is 5.10 Å². The highest BCUT2D eigenvalue weighted by Crippen LogP contribution is 2.29. The van der Waals surface area contributed by atoms with Crippen LogP contribution >= 0.6 is 12.2 Å². The van der Waals surface area contributed by atoms with Gasteiger partial charge in [0.1, 0.15) is 12.1 Å². The average Bonchev–Trinajstić information content (AvgIpc) is 3.37. The lowest BCUT2D eigenvalue weighted by molar-refractivity contribution is -0.274. The molecule has 6 nitrogen and oxygen atoms in total. The number of hydrazone groups is 1. The number of benzene rings is 4. The summed E-state index contributed by atoms with van der Waals surface area (Å²) in [4.78, 5) is 4.57. The molecule has 0 atom stereocenters. The number of fused-ring (bicyclic) bond motifs is 3. The van der Waals surface area contributed by atoms with Gasteiger partial charge in [-0.25, -0.2) is 4.98 Å². The molecule has 0 radical (unpaired) electrons. The largest absolute Gasteiger partial charge is 0.573 e. The van der Waals surface area contributed by atoms with Gasteiger partial charge in [0, 0.05) is 16.8 Å². The van der Waals surface area contributed by atoms with Crippen molar-refractivity contribution < 1.29 is 17.9 Å². The molecule has 0 saturated heterocycles. The molecule has 0 aliphatic rings. The molecule has 40 heavy (non-hydrogen) atoms. The predicted molar refractivity (Wildman–Crippen MR) is 157 cm³/mol. The van der Waals surface area contributed by atoms with E-state index in [1.807, 2.05) is 34.9 Å². The van der Waals surface area contributed by atoms with Gasteiger partial charge in [-0.15, -0.1) is 13.2 Å². The summed E-state index contributed by atoms with van der Waals surface area (Å²) in [6, 6.07) is 21.7. The predicted octanol–water partition coefficient (Wildman–Crippen LogP) is 7.52. The van der Waals surface area contributed by atoms with Gasteiger partial charge in [0.2, 0.25) is 0 Å². The van der Waals surface area contributed by atoms with Crippen LogP contribution in [0.25, 0.3) is 27.5 Å². The Bertz CT molecular complexity index is 1690. The van der Waals surface area contributed by atoms with Crippen molar-refractivity contribution in [2.75, 3.05) is 5.32 Å². The zero-order valence-corrected chi connectivity index (χ0v) is 22.6. The van der Waals surface area contributed by atoms with Crippen molar-refractivity contribution in [3.8, 4) is 11.4 Å². The van der Waals surface area contributed by atoms with E-state index in [2.05, 4.69) is 57.6 Å². The summed E-state index contributed by atoms with van der Waals surface area (Å²) in [7, 11) is 0. The molecule has 2 N–H and O–H groups in total. The Morgan fingerprint density at radius 2 is 1.73 bits per heavy atom. The second-order valence-electron chi connectivity index (χ2n) is 9.05. The zero-order chi connectivity index (χ0) is 28.3. The highest BCUT2D eigenvalue weighted by molar-refractivity contribution is 7.80. The van der Waals surface area contributed by atoms with Gasteiger partial charge in [-0.1, -0.05) is 50.2 Å². The standard InChI is InChI=1S/C30H26F3N5OS/c1-3-20-6-5-7-21(4-2)27(20)36-29(40)37-35-17-19-8-14-25-22(16-19)9-15-26-28(25)34-18-38(26)23-10-12-24(13-11-23)39-30(31,32)33/h5-18H,3-4H2,1-2H3,(H2,36,37,40). The van der Waals surface area contributed by atoms with Gasteiger partial charge < -0.3 is 10.1 Å². The number of imidazole rings is 1. The number of aryl methyl sites for hydroxylation is 2. The van der Waals surface area contributed by atoms with E-state index in [0.29, 0.717) is 10.8 Å². The summed E-state index contributed by atoms with van der Waals surface area (Å²) in [5.41, 5.74) is 9.48. The first-order valence-corrected chi connectivity index (χ1v) is 13.1. The zero-order valence-electron chi connectivity index (χ0n) is 21.8. The van der Waals surface area contributed by atoms with Crippen molar-refractivity contribution in [2.45, 2.75) is 33.1 Å². The lowest BCUT2D eigenvalue weighted by atomic mass is 10.0. The van der Waals surface area contributed by atoms with Gasteiger partial charge >= 0.3 is 6.36 Å². The Labute approximate surface area is 234 Å². The number of rotatable bonds is 7. The molecule has 4 aromatic carbocycles. The molecule has 5 rings (SSSR count). The second kappa shape index (κ2) is 11.4. The number of nitrogens with zero attached hydrogens (tertiary/aromatic N) is 3. The molecule has 1 aromatic heterocycles. The monoisotopic (exact) mass is 561 g/mol. The number of para-hydroxylation sites is 1. The third-order valence-corrected chi connectivity index (χ3v) is 6.71. The first-order valence-electron chi connectivity index (χ1n) is 12.7. The average molecular weight is 562 g/mol. The molecule has 0 fully saturated rings. The molecule has 204 valence electrons. The molecular formula is C30H26F3N5OS. The quantitative estimate of drug-likeness (QED) is 0.122. The third-order valence-electron chi connectivity index (χ3n) is 6.52. The molecule has 0 amide bonds. The molecule has 5 aromatic rings. The molecular weight excluding hydrogens is 535 g/mol. The number of hydrogen-bond acceptors (Lipinski definition) is 4. The van der Waals surface area contributed by atoms with Gasteiger partial charge in [-0.05, 0) is 83.5 Å². The van der Waals surface area contributed by atoms with Crippen LogP contribution < -0.4 is 15.5 Å². The summed E-state index contributed by atoms with van der Waals surface area (Å²) < 4.78 is 43.2. The molecule has 0 aliphatic carbocycles. The fourth-order valence-corrected chi connectivity index (χ4v) is 4.79. The Morgan fingerprint density at radius 3 is 2.40 bits per heavy atom. The lowest BCUT2D eigenvalue weighted by Gasteiger charge is -2.15. The van der Waals surface area contributed by atoms with E-state index in [-0.39, 0.29) is 5.75 Å². The summed E-state index contributed by atoms with van der Waals surface area (Å²) in [5, 5.41) is 9.93. The van der Waals surface area contributed by atoms with Crippen LogP contribution in [-0.2, 0) is 12.8 Å². The summed E-state index contributed by atoms with van der Waals surface area (Å²) >= 11 is 5.47. The number of hydrogen-bond donors (Lipinski definition) is 2. The first-order chi connectivity index (χ1) is 19.3. The number of nitrogens with one attached hydrogen (secondary N) is 2. The summed E-state index contributed by atoms with van der Waals surface area (Å²) in [6.07, 6.45) is 0.413. The highest BCUT2D eigenvalue weighted by Gasteiger charge is 2.31. The van der Waals surface area contributed by atoms with E-state index >= 15 is 0 Å². The number of ether oxygens (including phenoxy) is 1. The van der Waals surface area contributed by atoms with Crippen molar-refractivity contribution >= 4 is 51.0 Å². The maximum Gasteiger partial charge on any atom is 0.573 e. The lowest BCUT2D eigenvalue weighted by Crippen LogP contribution is -2.25. The molecule has 10 heteroatoms. The first kappa shape index (κ1) is 27.1. The van der Waals surface area contributed by atoms with Crippen molar-refractivity contribution in [3.05, 3.63) is 95.8 Å². The summed E-state index contributed by atoms with van der Waals surface area (Å²) in [6.45, 7) is 4.22. The second-order valence-corrected chi connectivity index (χ2v) is 9.46. The smallest absolute Gasteiger partial charge is 0.406 e. The highest BCUT2D eigenvalue weighted by atomic mass is 32.1. The Hall–Kier alpha value is -4.44. The summed E-state index contributed by atoms with van der Waals surface area (Å²) in [5.74, 6) is -0.275. The normalized spacial score (nSPS) is 11.8. The van der Waals surface area contributed by atoms with E-state index in [9.17, 15) is 13.2 Å². The van der Waals surface area contributed by atoms with Gasteiger partial charge in [0.05, 0.1) is 17.2 Å². The van der Waals surface area contributed by atoms with E-state index < -0.39 is 6.36 Å². The molecule has 0 unspecified atom stereocenters. The molecule has 0 bridgehead atoms. The number of thiocarbonyl (C=S) groups is 1. The van der Waals surface area contributed by atoms with Crippen LogP contribution in [0.2, 0.25) is 0 Å². The maximum atomic E-state index is 12.5. The van der Waals surface area contributed by atoms with Gasteiger partial charge in [0.25, 0.3) is 0 Å². The minimum absolute atomic E-state index is 0.275. The number of aromatic nitrogens is 2. The van der Waals surface area contributed by atoms with Crippen LogP contribution in [0, 0.1) is 0 Å². The van der Waals surface area contributed by atoms with Crippen LogP contribution in [0.4, 0.5) is 18.9 Å². The number of anilines is 1. The van der Waals surface area contributed by atoms with E-state index in [1.54, 1.807) is 24.7 Å². The third kappa shape index (κ3) is 5.91. The van der Waals surface area contributed by atoms with E-state index in [0.717, 1.165) is 45.9 Å². The Morgan fingerprint density at radius 1 is 1.00 bits per heavy atom. The maximum absolute atomic E-state index is 12.5. The van der Waals surface area contributed by atoms with Gasteiger partial charge in [0.15, 0.2) is 5.11 Å². The van der Waals surface area contributed by atoms with E-state index in [1.165, 1.54) is 23.3 Å². The molecule has 0 aliphatic heterocycles. The number of halogens is 3. The van der Waals surface area contributed by atoms with E-state index in [4.69, 9.17) is 12.2 Å². The SMILES string of the molecule is CCc1cccc(CC)c1NC(=S)NN=Cc1ccc2c(ccc3c2ncn3-c2ccc(OC(F)(F)F)cc2)c1.